The Bertz CT molecular complexity index is 2540. The number of hydrogen-bond donors (Lipinski definition) is 3. The molecule has 366 valence electrons. The van der Waals surface area contributed by atoms with Gasteiger partial charge in [0.15, 0.2) is 0 Å². The molecule has 1 unspecified atom stereocenters. The zero-order chi connectivity index (χ0) is 48.6. The summed E-state index contributed by atoms with van der Waals surface area (Å²) in [6.45, 7) is 14.7. The molecule has 0 saturated carbocycles. The molecular weight excluding hydrogens is 885 g/mol. The second-order valence-corrected chi connectivity index (χ2v) is 20.9. The Balaban J connectivity index is 1.13. The number of aryl methyl sites for hydroxylation is 1. The molecule has 5 amide bonds. The number of aromatic nitrogens is 3. The number of cyclic esters (lactones) is 1. The van der Waals surface area contributed by atoms with E-state index in [2.05, 4.69) is 65.7 Å². The summed E-state index contributed by atoms with van der Waals surface area (Å²) in [7, 11) is 5.10. The highest BCUT2D eigenvalue weighted by Gasteiger charge is 2.41. The molecule has 0 radical (unpaired) electrons. The number of pyridine rings is 1. The Morgan fingerprint density at radius 2 is 1.85 bits per heavy atom. The van der Waals surface area contributed by atoms with Gasteiger partial charge < -0.3 is 39.4 Å². The standard InChI is InChI=1S/C50H68N10O7S/c1-10-59-40-18-17-31-22-34(40)35(44(59)33-15-11-19-51-42(33)30(4)66-9)24-50(5,6)28-67-48(64)36-16-13-21-60(55-36)47(63)37(23-41-53-39(31)27-68-41)54-45(61)43(29(2)3)57(8)49(65)58-20-12-14-32(26-58)56(7)46(62)38-25-52-38/h11,15,17-19,22,27,29-30,32,36-38,43,52,55H,10,12-14,16,20-21,23-26,28H2,1-9H3,(H,54,61)/t30-,32+,36-,37-,38+,43?/m0/s1. The zero-order valence-corrected chi connectivity index (χ0v) is 41.8. The van der Waals surface area contributed by atoms with Crippen LogP contribution in [0, 0.1) is 11.3 Å². The SMILES string of the molecule is CCn1c(-c2cccnc2[C@H](C)OC)c2c3cc(ccc31)-c1csc(n1)C[C@H](NC(=O)C(C(C)C)N(C)C(=O)N1CCC[C@@H](N(C)C(=O)[C@H]3CN3)C1)C(=O)N1CCC[C@H](N1)C(=O)OCC(C)(C)C2. The molecule has 4 aromatic rings. The first-order valence-electron chi connectivity index (χ1n) is 24.1. The van der Waals surface area contributed by atoms with Crippen molar-refractivity contribution in [2.45, 2.75) is 123 Å². The molecule has 4 aliphatic heterocycles. The van der Waals surface area contributed by atoms with E-state index < -0.39 is 41.3 Å². The molecule has 3 fully saturated rings. The first-order valence-corrected chi connectivity index (χ1v) is 25.0. The number of carbonyl (C=O) groups excluding carboxylic acids is 5. The smallest absolute Gasteiger partial charge is 0.324 e. The minimum absolute atomic E-state index is 0.0220. The maximum atomic E-state index is 14.7. The molecule has 4 aliphatic rings. The number of thiazole rings is 1. The van der Waals surface area contributed by atoms with E-state index in [0.717, 1.165) is 57.5 Å². The van der Waals surface area contributed by atoms with Crippen LogP contribution in [0.1, 0.15) is 89.6 Å². The van der Waals surface area contributed by atoms with Crippen molar-refractivity contribution in [3.63, 3.8) is 0 Å². The van der Waals surface area contributed by atoms with Crippen LogP contribution in [0.2, 0.25) is 0 Å². The number of urea groups is 1. The van der Waals surface area contributed by atoms with E-state index in [1.165, 1.54) is 21.2 Å². The Labute approximate surface area is 403 Å². The summed E-state index contributed by atoms with van der Waals surface area (Å²) in [5, 5.41) is 11.2. The summed E-state index contributed by atoms with van der Waals surface area (Å²) < 4.78 is 14.3. The lowest BCUT2D eigenvalue weighted by Crippen LogP contribution is -2.63. The number of piperidine rings is 1. The zero-order valence-electron chi connectivity index (χ0n) is 41.0. The molecule has 17 nitrogen and oxygen atoms in total. The largest absolute Gasteiger partial charge is 0.464 e. The fraction of sp³-hybridized carbons (Fsp3) is 0.580. The molecule has 0 aliphatic carbocycles. The maximum Gasteiger partial charge on any atom is 0.324 e. The highest BCUT2D eigenvalue weighted by atomic mass is 32.1. The molecule has 18 heteroatoms. The molecule has 6 atom stereocenters. The number of likely N-dealkylation sites (N-methyl/N-ethyl adjacent to an activating group) is 2. The van der Waals surface area contributed by atoms with E-state index >= 15 is 0 Å². The number of carbonyl (C=O) groups is 5. The van der Waals surface area contributed by atoms with Crippen LogP contribution in [0.5, 0.6) is 0 Å². The average molecular weight is 953 g/mol. The first-order chi connectivity index (χ1) is 32.5. The molecule has 1 aromatic carbocycles. The summed E-state index contributed by atoms with van der Waals surface area (Å²) in [4.78, 5) is 85.1. The van der Waals surface area contributed by atoms with Gasteiger partial charge in [-0.15, -0.1) is 11.3 Å². The van der Waals surface area contributed by atoms with E-state index in [9.17, 15) is 24.0 Å². The van der Waals surface area contributed by atoms with E-state index in [-0.39, 0.29) is 49.1 Å². The van der Waals surface area contributed by atoms with Crippen molar-refractivity contribution in [1.82, 2.24) is 50.3 Å². The second kappa shape index (κ2) is 20.3. The highest BCUT2D eigenvalue weighted by Crippen LogP contribution is 2.42. The number of likely N-dealkylation sites (tertiary alicyclic amines) is 1. The lowest BCUT2D eigenvalue weighted by Gasteiger charge is -2.41. The van der Waals surface area contributed by atoms with Crippen molar-refractivity contribution in [2.24, 2.45) is 11.3 Å². The van der Waals surface area contributed by atoms with Gasteiger partial charge in [0.05, 0.1) is 40.8 Å². The van der Waals surface area contributed by atoms with E-state index in [1.807, 2.05) is 32.2 Å². The van der Waals surface area contributed by atoms with Crippen molar-refractivity contribution in [1.29, 1.82) is 0 Å². The molecule has 0 spiro atoms. The third kappa shape index (κ3) is 10.1. The Morgan fingerprint density at radius 3 is 2.57 bits per heavy atom. The lowest BCUT2D eigenvalue weighted by molar-refractivity contribution is -0.155. The minimum Gasteiger partial charge on any atom is -0.464 e. The topological polar surface area (TPSA) is 193 Å². The normalized spacial score (nSPS) is 22.9. The van der Waals surface area contributed by atoms with Gasteiger partial charge in [-0.2, -0.15) is 0 Å². The second-order valence-electron chi connectivity index (χ2n) is 20.0. The summed E-state index contributed by atoms with van der Waals surface area (Å²) in [5.41, 5.74) is 9.29. The van der Waals surface area contributed by atoms with Crippen LogP contribution in [0.25, 0.3) is 33.4 Å². The fourth-order valence-corrected chi connectivity index (χ4v) is 11.0. The predicted octanol–water partition coefficient (Wildman–Crippen LogP) is 5.17. The molecule has 8 rings (SSSR count). The van der Waals surface area contributed by atoms with Gasteiger partial charge in [0, 0.05) is 105 Å². The molecule has 6 bridgehead atoms. The molecule has 3 N–H and O–H groups in total. The number of esters is 1. The number of rotatable bonds is 10. The van der Waals surface area contributed by atoms with Crippen molar-refractivity contribution >= 4 is 52.0 Å². The van der Waals surface area contributed by atoms with Crippen molar-refractivity contribution in [3.8, 4) is 22.5 Å². The van der Waals surface area contributed by atoms with Crippen LogP contribution in [-0.4, -0.2) is 148 Å². The third-order valence-corrected chi connectivity index (χ3v) is 14.9. The quantitative estimate of drug-likeness (QED) is 0.140. The van der Waals surface area contributed by atoms with Crippen LogP contribution >= 0.6 is 11.3 Å². The number of methoxy groups -OCH3 is 1. The van der Waals surface area contributed by atoms with Crippen LogP contribution in [0.4, 0.5) is 4.79 Å². The van der Waals surface area contributed by atoms with Gasteiger partial charge in [-0.3, -0.25) is 29.2 Å². The minimum atomic E-state index is -1.08. The highest BCUT2D eigenvalue weighted by molar-refractivity contribution is 7.10. The average Bonchev–Trinajstić information content (AvgIpc) is 4.02. The molecular formula is C50H68N10O7S. The van der Waals surface area contributed by atoms with Crippen molar-refractivity contribution in [2.75, 3.05) is 54.0 Å². The van der Waals surface area contributed by atoms with Crippen LogP contribution in [-0.2, 0) is 48.0 Å². The number of fused-ring (bicyclic) bond motifs is 6. The monoisotopic (exact) mass is 952 g/mol. The number of nitrogens with zero attached hydrogens (tertiary/aromatic N) is 7. The number of benzene rings is 1. The number of ether oxygens (including phenoxy) is 2. The molecule has 3 saturated heterocycles. The van der Waals surface area contributed by atoms with Crippen molar-refractivity contribution in [3.05, 3.63) is 58.2 Å². The van der Waals surface area contributed by atoms with E-state index in [4.69, 9.17) is 19.4 Å². The summed E-state index contributed by atoms with van der Waals surface area (Å²) >= 11 is 1.41. The maximum absolute atomic E-state index is 14.7. The summed E-state index contributed by atoms with van der Waals surface area (Å²) in [5.74, 6) is -1.64. The summed E-state index contributed by atoms with van der Waals surface area (Å²) in [6.07, 6.45) is 4.71. The first kappa shape index (κ1) is 49.0. The third-order valence-electron chi connectivity index (χ3n) is 14.0. The van der Waals surface area contributed by atoms with Gasteiger partial charge in [0.25, 0.3) is 5.91 Å². The van der Waals surface area contributed by atoms with E-state index in [0.29, 0.717) is 57.0 Å². The number of hydrogen-bond acceptors (Lipinski definition) is 12. The molecule has 3 aromatic heterocycles. The van der Waals surface area contributed by atoms with Crippen molar-refractivity contribution < 1.29 is 33.4 Å². The van der Waals surface area contributed by atoms with Crippen LogP contribution in [0.15, 0.2) is 41.9 Å². The Kier molecular flexibility index (Phi) is 14.6. The van der Waals surface area contributed by atoms with Gasteiger partial charge in [-0.05, 0) is 81.7 Å². The Hall–Kier alpha value is -5.43. The number of hydrazine groups is 1. The molecule has 7 heterocycles. The predicted molar refractivity (Wildman–Crippen MR) is 260 cm³/mol. The van der Waals surface area contributed by atoms with Gasteiger partial charge in [-0.1, -0.05) is 33.8 Å². The van der Waals surface area contributed by atoms with Crippen LogP contribution in [0.3, 0.4) is 0 Å². The molecule has 68 heavy (non-hydrogen) atoms. The van der Waals surface area contributed by atoms with Gasteiger partial charge in [0.1, 0.15) is 18.1 Å². The number of nitrogens with one attached hydrogen (secondary N) is 3. The number of amides is 5. The lowest BCUT2D eigenvalue weighted by atomic mass is 9.84. The van der Waals surface area contributed by atoms with E-state index in [1.54, 1.807) is 37.2 Å². The Morgan fingerprint density at radius 1 is 1.09 bits per heavy atom. The fourth-order valence-electron chi connectivity index (χ4n) is 10.2. The van der Waals surface area contributed by atoms with Gasteiger partial charge in [-0.25, -0.2) is 15.2 Å². The van der Waals surface area contributed by atoms with Gasteiger partial charge >= 0.3 is 12.0 Å². The van der Waals surface area contributed by atoms with Gasteiger partial charge in [0.2, 0.25) is 11.8 Å². The summed E-state index contributed by atoms with van der Waals surface area (Å²) in [6, 6.07) is 7.02. The van der Waals surface area contributed by atoms with Crippen LogP contribution < -0.4 is 16.1 Å².